The molecule has 0 saturated carbocycles. The number of rotatable bonds is 3. The van der Waals surface area contributed by atoms with Crippen molar-refractivity contribution in [3.63, 3.8) is 0 Å². The van der Waals surface area contributed by atoms with Crippen molar-refractivity contribution in [2.75, 3.05) is 19.1 Å². The molecule has 0 aliphatic rings. The summed E-state index contributed by atoms with van der Waals surface area (Å²) in [6.07, 6.45) is 3.86. The van der Waals surface area contributed by atoms with Gasteiger partial charge in [0.15, 0.2) is 0 Å². The molecule has 0 aliphatic carbocycles. The molecule has 0 bridgehead atoms. The zero-order valence-corrected chi connectivity index (χ0v) is 12.0. The average Bonchev–Trinajstić information content (AvgIpc) is 2.45. The minimum Gasteiger partial charge on any atom is -0.495 e. The van der Waals surface area contributed by atoms with E-state index < -0.39 is 15.0 Å². The number of nitrogen functional groups attached to an aromatic ring is 1. The summed E-state index contributed by atoms with van der Waals surface area (Å²) in [5.41, 5.74) is 6.13. The molecule has 9 heteroatoms. The third-order valence-electron chi connectivity index (χ3n) is 2.58. The third kappa shape index (κ3) is 2.90. The summed E-state index contributed by atoms with van der Waals surface area (Å²) in [5, 5.41) is 8.72. The molecule has 0 fully saturated rings. The second-order valence-electron chi connectivity index (χ2n) is 4.11. The minimum absolute atomic E-state index is 0.0162. The molecule has 0 aromatic carbocycles. The van der Waals surface area contributed by atoms with Crippen LogP contribution in [-0.2, 0) is 9.84 Å². The van der Waals surface area contributed by atoms with Crippen LogP contribution in [0.2, 0.25) is 0 Å². The van der Waals surface area contributed by atoms with Gasteiger partial charge in [0.05, 0.1) is 19.0 Å². The van der Waals surface area contributed by atoms with E-state index in [2.05, 4.69) is 15.0 Å². The molecule has 21 heavy (non-hydrogen) atoms. The fourth-order valence-corrected chi connectivity index (χ4v) is 2.12. The van der Waals surface area contributed by atoms with E-state index in [4.69, 9.17) is 15.7 Å². The normalized spacial score (nSPS) is 10.9. The Kier molecular flexibility index (Phi) is 3.73. The Hall–Kier alpha value is -2.73. The van der Waals surface area contributed by atoms with Crippen LogP contribution in [0.1, 0.15) is 5.56 Å². The van der Waals surface area contributed by atoms with E-state index in [1.807, 2.05) is 6.07 Å². The fourth-order valence-electron chi connectivity index (χ4n) is 1.60. The maximum absolute atomic E-state index is 11.6. The number of anilines is 1. The van der Waals surface area contributed by atoms with Crippen molar-refractivity contribution in [1.29, 1.82) is 5.26 Å². The zero-order valence-electron chi connectivity index (χ0n) is 11.2. The summed E-state index contributed by atoms with van der Waals surface area (Å²) >= 11 is 0. The van der Waals surface area contributed by atoms with Crippen molar-refractivity contribution in [3.8, 4) is 23.1 Å². The van der Waals surface area contributed by atoms with Crippen LogP contribution in [-0.4, -0.2) is 36.7 Å². The van der Waals surface area contributed by atoms with Gasteiger partial charge in [0.2, 0.25) is 15.0 Å². The van der Waals surface area contributed by atoms with Crippen LogP contribution < -0.4 is 10.5 Å². The van der Waals surface area contributed by atoms with Crippen molar-refractivity contribution < 1.29 is 13.2 Å². The minimum atomic E-state index is -3.66. The van der Waals surface area contributed by atoms with Gasteiger partial charge in [0, 0.05) is 18.0 Å². The Labute approximate surface area is 121 Å². The van der Waals surface area contributed by atoms with Crippen LogP contribution in [0.5, 0.6) is 5.75 Å². The SMILES string of the molecule is COc1cncc(-c2nc(S(C)(=O)=O)nc(N)c2C#N)c1. The zero-order chi connectivity index (χ0) is 15.6. The first kappa shape index (κ1) is 14.7. The molecular formula is C12H11N5O3S. The molecule has 2 N–H and O–H groups in total. The number of ether oxygens (including phenoxy) is 1. The quantitative estimate of drug-likeness (QED) is 0.806. The molecule has 0 radical (unpaired) electrons. The number of methoxy groups -OCH3 is 1. The molecule has 0 aliphatic heterocycles. The Morgan fingerprint density at radius 3 is 2.62 bits per heavy atom. The molecule has 2 aromatic rings. The highest BCUT2D eigenvalue weighted by atomic mass is 32.2. The monoisotopic (exact) mass is 305 g/mol. The van der Waals surface area contributed by atoms with Gasteiger partial charge in [-0.1, -0.05) is 0 Å². The summed E-state index contributed by atoms with van der Waals surface area (Å²) in [4.78, 5) is 11.5. The first-order chi connectivity index (χ1) is 9.86. The lowest BCUT2D eigenvalue weighted by molar-refractivity contribution is 0.413. The van der Waals surface area contributed by atoms with Crippen LogP contribution in [0.4, 0.5) is 5.82 Å². The van der Waals surface area contributed by atoms with Crippen molar-refractivity contribution in [1.82, 2.24) is 15.0 Å². The van der Waals surface area contributed by atoms with E-state index in [0.717, 1.165) is 6.26 Å². The molecule has 8 nitrogen and oxygen atoms in total. The topological polar surface area (TPSA) is 132 Å². The maximum Gasteiger partial charge on any atom is 0.249 e. The number of nitrogens with zero attached hydrogens (tertiary/aromatic N) is 4. The molecule has 0 unspecified atom stereocenters. The van der Waals surface area contributed by atoms with Crippen molar-refractivity contribution in [3.05, 3.63) is 24.0 Å². The predicted molar refractivity (Wildman–Crippen MR) is 74.1 cm³/mol. The van der Waals surface area contributed by atoms with Crippen LogP contribution in [0, 0.1) is 11.3 Å². The van der Waals surface area contributed by atoms with Gasteiger partial charge >= 0.3 is 0 Å². The van der Waals surface area contributed by atoms with Gasteiger partial charge in [0.1, 0.15) is 23.2 Å². The Balaban J connectivity index is 2.77. The third-order valence-corrected chi connectivity index (χ3v) is 3.43. The van der Waals surface area contributed by atoms with Crippen molar-refractivity contribution in [2.24, 2.45) is 0 Å². The summed E-state index contributed by atoms with van der Waals surface area (Å²) in [6.45, 7) is 0. The summed E-state index contributed by atoms with van der Waals surface area (Å²) in [7, 11) is -2.20. The lowest BCUT2D eigenvalue weighted by Crippen LogP contribution is -2.10. The van der Waals surface area contributed by atoms with Gasteiger partial charge in [-0.15, -0.1) is 0 Å². The molecular weight excluding hydrogens is 294 g/mol. The number of hydrogen-bond acceptors (Lipinski definition) is 8. The Bertz CT molecular complexity index is 842. The van der Waals surface area contributed by atoms with E-state index in [1.165, 1.54) is 19.5 Å². The molecule has 0 atom stereocenters. The van der Waals surface area contributed by atoms with Gasteiger partial charge < -0.3 is 10.5 Å². The fraction of sp³-hybridized carbons (Fsp3) is 0.167. The lowest BCUT2D eigenvalue weighted by Gasteiger charge is -2.08. The standard InChI is InChI=1S/C12H11N5O3S/c1-20-8-3-7(5-15-6-8)10-9(4-13)11(14)17-12(16-10)21(2,18)19/h3,5-6H,1-2H3,(H2,14,16,17). The lowest BCUT2D eigenvalue weighted by atomic mass is 10.1. The highest BCUT2D eigenvalue weighted by Gasteiger charge is 2.20. The number of nitriles is 1. The first-order valence-electron chi connectivity index (χ1n) is 5.64. The van der Waals surface area contributed by atoms with E-state index in [0.29, 0.717) is 11.3 Å². The van der Waals surface area contributed by atoms with Gasteiger partial charge in [-0.3, -0.25) is 4.98 Å². The second kappa shape index (κ2) is 5.34. The molecule has 0 saturated heterocycles. The van der Waals surface area contributed by atoms with E-state index in [9.17, 15) is 8.42 Å². The smallest absolute Gasteiger partial charge is 0.249 e. The summed E-state index contributed by atoms with van der Waals surface area (Å²) in [5.74, 6) is 0.236. The highest BCUT2D eigenvalue weighted by molar-refractivity contribution is 7.90. The molecule has 0 amide bonds. The first-order valence-corrected chi connectivity index (χ1v) is 7.53. The van der Waals surface area contributed by atoms with Crippen LogP contribution >= 0.6 is 0 Å². The van der Waals surface area contributed by atoms with Crippen LogP contribution in [0.25, 0.3) is 11.3 Å². The summed E-state index contributed by atoms with van der Waals surface area (Å²) in [6, 6.07) is 3.44. The maximum atomic E-state index is 11.6. The average molecular weight is 305 g/mol. The van der Waals surface area contributed by atoms with Gasteiger partial charge in [-0.2, -0.15) is 10.2 Å². The predicted octanol–water partition coefficient (Wildman–Crippen LogP) is 0.405. The number of aromatic nitrogens is 3. The van der Waals surface area contributed by atoms with E-state index in [1.54, 1.807) is 6.07 Å². The second-order valence-corrected chi connectivity index (χ2v) is 6.02. The van der Waals surface area contributed by atoms with Crippen molar-refractivity contribution in [2.45, 2.75) is 5.16 Å². The van der Waals surface area contributed by atoms with Crippen LogP contribution in [0.3, 0.4) is 0 Å². The number of pyridine rings is 1. The van der Waals surface area contributed by atoms with Gasteiger partial charge in [-0.25, -0.2) is 13.4 Å². The highest BCUT2D eigenvalue weighted by Crippen LogP contribution is 2.27. The summed E-state index contributed by atoms with van der Waals surface area (Å²) < 4.78 is 28.2. The number of nitrogens with two attached hydrogens (primary N) is 1. The molecule has 108 valence electrons. The largest absolute Gasteiger partial charge is 0.495 e. The molecule has 2 heterocycles. The number of hydrogen-bond donors (Lipinski definition) is 1. The Morgan fingerprint density at radius 2 is 2.05 bits per heavy atom. The molecule has 0 spiro atoms. The Morgan fingerprint density at radius 1 is 1.33 bits per heavy atom. The van der Waals surface area contributed by atoms with E-state index in [-0.39, 0.29) is 17.1 Å². The molecule has 2 aromatic heterocycles. The number of sulfone groups is 1. The van der Waals surface area contributed by atoms with Gasteiger partial charge in [-0.05, 0) is 6.07 Å². The van der Waals surface area contributed by atoms with Gasteiger partial charge in [0.25, 0.3) is 0 Å². The van der Waals surface area contributed by atoms with Crippen molar-refractivity contribution >= 4 is 15.7 Å². The van der Waals surface area contributed by atoms with E-state index >= 15 is 0 Å². The van der Waals surface area contributed by atoms with Crippen LogP contribution in [0.15, 0.2) is 23.6 Å². The molecule has 2 rings (SSSR count).